The van der Waals surface area contributed by atoms with E-state index in [1.54, 1.807) is 17.9 Å². The van der Waals surface area contributed by atoms with Crippen LogP contribution in [0.5, 0.6) is 0 Å². The van der Waals surface area contributed by atoms with Crippen molar-refractivity contribution in [3.05, 3.63) is 18.0 Å². The lowest BCUT2D eigenvalue weighted by Gasteiger charge is -2.36. The molecule has 2 amide bonds. The number of likely N-dealkylation sites (tertiary alicyclic amines) is 1. The lowest BCUT2D eigenvalue weighted by Crippen LogP contribution is -2.49. The SMILES string of the molecule is CNC(=O)[C@]12CCOC[C@H]1CN(C(=O)CCc1ccnn1C)C2. The van der Waals surface area contributed by atoms with Crippen LogP contribution >= 0.6 is 0 Å². The molecule has 3 rings (SSSR count). The van der Waals surface area contributed by atoms with Gasteiger partial charge in [-0.1, -0.05) is 0 Å². The Balaban J connectivity index is 1.66. The van der Waals surface area contributed by atoms with Gasteiger partial charge in [0.15, 0.2) is 0 Å². The smallest absolute Gasteiger partial charge is 0.228 e. The molecule has 0 aromatic carbocycles. The summed E-state index contributed by atoms with van der Waals surface area (Å²) in [6.07, 6.45) is 3.53. The highest BCUT2D eigenvalue weighted by atomic mass is 16.5. The van der Waals surface area contributed by atoms with Crippen molar-refractivity contribution < 1.29 is 14.3 Å². The number of carbonyl (C=O) groups is 2. The van der Waals surface area contributed by atoms with Gasteiger partial charge in [-0.15, -0.1) is 0 Å². The van der Waals surface area contributed by atoms with Crippen LogP contribution < -0.4 is 5.32 Å². The first-order valence-electron chi connectivity index (χ1n) is 8.11. The van der Waals surface area contributed by atoms with Gasteiger partial charge in [0.25, 0.3) is 0 Å². The van der Waals surface area contributed by atoms with Crippen LogP contribution in [0.15, 0.2) is 12.3 Å². The summed E-state index contributed by atoms with van der Waals surface area (Å²) >= 11 is 0. The molecule has 3 heterocycles. The van der Waals surface area contributed by atoms with Gasteiger partial charge in [0, 0.05) is 58.0 Å². The number of hydrogen-bond acceptors (Lipinski definition) is 4. The molecule has 1 aromatic rings. The van der Waals surface area contributed by atoms with Crippen molar-refractivity contribution in [2.24, 2.45) is 18.4 Å². The second kappa shape index (κ2) is 6.31. The van der Waals surface area contributed by atoms with E-state index >= 15 is 0 Å². The quantitative estimate of drug-likeness (QED) is 0.845. The van der Waals surface area contributed by atoms with Crippen molar-refractivity contribution in [2.45, 2.75) is 19.3 Å². The molecule has 2 saturated heterocycles. The van der Waals surface area contributed by atoms with Gasteiger partial charge in [-0.2, -0.15) is 5.10 Å². The first-order valence-corrected chi connectivity index (χ1v) is 8.11. The van der Waals surface area contributed by atoms with Gasteiger partial charge < -0.3 is 15.0 Å². The first-order chi connectivity index (χ1) is 11.1. The van der Waals surface area contributed by atoms with E-state index in [0.29, 0.717) is 45.6 Å². The van der Waals surface area contributed by atoms with Crippen molar-refractivity contribution in [1.29, 1.82) is 0 Å². The van der Waals surface area contributed by atoms with Crippen LogP contribution in [0, 0.1) is 11.3 Å². The highest BCUT2D eigenvalue weighted by Gasteiger charge is 2.54. The molecule has 2 atom stereocenters. The fraction of sp³-hybridized carbons (Fsp3) is 0.688. The Morgan fingerprint density at radius 1 is 1.52 bits per heavy atom. The Morgan fingerprint density at radius 3 is 3.04 bits per heavy atom. The first kappa shape index (κ1) is 16.0. The monoisotopic (exact) mass is 320 g/mol. The Hall–Kier alpha value is -1.89. The highest BCUT2D eigenvalue weighted by molar-refractivity contribution is 5.85. The van der Waals surface area contributed by atoms with Crippen LogP contribution in [-0.2, 0) is 27.8 Å². The third-order valence-electron chi connectivity index (χ3n) is 5.26. The minimum atomic E-state index is -0.477. The molecule has 2 aliphatic rings. The summed E-state index contributed by atoms with van der Waals surface area (Å²) in [6, 6.07) is 1.93. The van der Waals surface area contributed by atoms with E-state index in [1.165, 1.54) is 0 Å². The van der Waals surface area contributed by atoms with Gasteiger partial charge >= 0.3 is 0 Å². The van der Waals surface area contributed by atoms with Crippen LogP contribution in [-0.4, -0.2) is 59.8 Å². The average molecular weight is 320 g/mol. The summed E-state index contributed by atoms with van der Waals surface area (Å²) in [5.41, 5.74) is 0.564. The molecule has 0 saturated carbocycles. The average Bonchev–Trinajstić information content (AvgIpc) is 3.15. The lowest BCUT2D eigenvalue weighted by molar-refractivity contribution is -0.139. The molecule has 126 valence electrons. The number of amides is 2. The number of rotatable bonds is 4. The second-order valence-corrected chi connectivity index (χ2v) is 6.48. The predicted molar refractivity (Wildman–Crippen MR) is 83.5 cm³/mol. The molecule has 0 unspecified atom stereocenters. The van der Waals surface area contributed by atoms with Gasteiger partial charge in [0.2, 0.25) is 11.8 Å². The van der Waals surface area contributed by atoms with Gasteiger partial charge in [0.1, 0.15) is 0 Å². The normalized spacial score (nSPS) is 26.9. The zero-order chi connectivity index (χ0) is 16.4. The maximum atomic E-state index is 12.6. The maximum Gasteiger partial charge on any atom is 0.228 e. The summed E-state index contributed by atoms with van der Waals surface area (Å²) in [4.78, 5) is 26.8. The Kier molecular flexibility index (Phi) is 4.39. The third kappa shape index (κ3) is 2.85. The molecule has 7 heteroatoms. The molecular formula is C16H24N4O3. The molecule has 1 aromatic heterocycles. The summed E-state index contributed by atoms with van der Waals surface area (Å²) < 4.78 is 7.32. The van der Waals surface area contributed by atoms with E-state index in [0.717, 1.165) is 5.69 Å². The molecule has 2 aliphatic heterocycles. The molecule has 23 heavy (non-hydrogen) atoms. The maximum absolute atomic E-state index is 12.6. The van der Waals surface area contributed by atoms with Gasteiger partial charge in [0.05, 0.1) is 12.0 Å². The van der Waals surface area contributed by atoms with E-state index in [4.69, 9.17) is 4.74 Å². The number of fused-ring (bicyclic) bond motifs is 1. The van der Waals surface area contributed by atoms with E-state index < -0.39 is 5.41 Å². The predicted octanol–water partition coefficient (Wildman–Crippen LogP) is -0.0362. The number of carbonyl (C=O) groups excluding carboxylic acids is 2. The van der Waals surface area contributed by atoms with E-state index in [-0.39, 0.29) is 17.7 Å². The molecular weight excluding hydrogens is 296 g/mol. The fourth-order valence-corrected chi connectivity index (χ4v) is 3.80. The Bertz CT molecular complexity index is 600. The van der Waals surface area contributed by atoms with Gasteiger partial charge in [-0.25, -0.2) is 0 Å². The number of hydrogen-bond donors (Lipinski definition) is 1. The van der Waals surface area contributed by atoms with E-state index in [1.807, 2.05) is 18.0 Å². The second-order valence-electron chi connectivity index (χ2n) is 6.48. The van der Waals surface area contributed by atoms with Crippen molar-refractivity contribution in [3.63, 3.8) is 0 Å². The zero-order valence-corrected chi connectivity index (χ0v) is 13.7. The van der Waals surface area contributed by atoms with Crippen molar-refractivity contribution >= 4 is 11.8 Å². The number of nitrogens with one attached hydrogen (secondary N) is 1. The molecule has 0 aliphatic carbocycles. The number of ether oxygens (including phenoxy) is 1. The Labute approximate surface area is 136 Å². The van der Waals surface area contributed by atoms with Crippen LogP contribution in [0.25, 0.3) is 0 Å². The standard InChI is InChI=1S/C16H24N4O3/c1-17-15(22)16-6-8-23-10-12(16)9-20(11-16)14(21)4-3-13-5-7-18-19(13)2/h5,7,12H,3-4,6,8-11H2,1-2H3,(H,17,22)/t12-,16+/m1/s1. The van der Waals surface area contributed by atoms with Crippen molar-refractivity contribution in [3.8, 4) is 0 Å². The summed E-state index contributed by atoms with van der Waals surface area (Å²) in [6.45, 7) is 2.25. The molecule has 1 N–H and O–H groups in total. The van der Waals surface area contributed by atoms with Gasteiger partial charge in [-0.05, 0) is 18.9 Å². The van der Waals surface area contributed by atoms with Crippen molar-refractivity contribution in [2.75, 3.05) is 33.4 Å². The Morgan fingerprint density at radius 2 is 2.35 bits per heavy atom. The largest absolute Gasteiger partial charge is 0.381 e. The van der Waals surface area contributed by atoms with Gasteiger partial charge in [-0.3, -0.25) is 14.3 Å². The molecule has 0 bridgehead atoms. The van der Waals surface area contributed by atoms with Crippen LogP contribution in [0.2, 0.25) is 0 Å². The van der Waals surface area contributed by atoms with Crippen LogP contribution in [0.3, 0.4) is 0 Å². The number of nitrogens with zero attached hydrogens (tertiary/aromatic N) is 3. The summed E-state index contributed by atoms with van der Waals surface area (Å²) in [5.74, 6) is 0.230. The molecule has 0 radical (unpaired) electrons. The number of aryl methyl sites for hydroxylation is 2. The molecule has 2 fully saturated rings. The number of aromatic nitrogens is 2. The minimum Gasteiger partial charge on any atom is -0.381 e. The van der Waals surface area contributed by atoms with Crippen LogP contribution in [0.4, 0.5) is 0 Å². The van der Waals surface area contributed by atoms with E-state index in [9.17, 15) is 9.59 Å². The minimum absolute atomic E-state index is 0.0349. The highest BCUT2D eigenvalue weighted by Crippen LogP contribution is 2.42. The summed E-state index contributed by atoms with van der Waals surface area (Å²) in [5, 5.41) is 6.89. The fourth-order valence-electron chi connectivity index (χ4n) is 3.80. The summed E-state index contributed by atoms with van der Waals surface area (Å²) in [7, 11) is 3.54. The molecule has 7 nitrogen and oxygen atoms in total. The topological polar surface area (TPSA) is 76.5 Å². The van der Waals surface area contributed by atoms with Crippen LogP contribution in [0.1, 0.15) is 18.5 Å². The third-order valence-corrected chi connectivity index (χ3v) is 5.26. The molecule has 0 spiro atoms. The lowest BCUT2D eigenvalue weighted by atomic mass is 9.73. The van der Waals surface area contributed by atoms with Crippen molar-refractivity contribution in [1.82, 2.24) is 20.0 Å². The van der Waals surface area contributed by atoms with E-state index in [2.05, 4.69) is 10.4 Å². The zero-order valence-electron chi connectivity index (χ0n) is 13.7.